The summed E-state index contributed by atoms with van der Waals surface area (Å²) in [6, 6.07) is 9.05. The molecule has 3 rings (SSSR count). The largest absolute Gasteiger partial charge is 0.0873 e. The fourth-order valence-electron chi connectivity index (χ4n) is 4.14. The zero-order valence-corrected chi connectivity index (χ0v) is 14.7. The molecular formula is C22H30. The third-order valence-corrected chi connectivity index (χ3v) is 4.91. The number of rotatable bonds is 2. The van der Waals surface area contributed by atoms with Crippen LogP contribution in [0.25, 0.3) is 5.57 Å². The first-order valence-corrected chi connectivity index (χ1v) is 8.93. The summed E-state index contributed by atoms with van der Waals surface area (Å²) in [6.45, 7) is 8.26. The van der Waals surface area contributed by atoms with Crippen molar-refractivity contribution in [3.05, 3.63) is 65.3 Å². The van der Waals surface area contributed by atoms with Crippen molar-refractivity contribution >= 4 is 5.57 Å². The molecule has 1 fully saturated rings. The highest BCUT2D eigenvalue weighted by molar-refractivity contribution is 5.88. The summed E-state index contributed by atoms with van der Waals surface area (Å²) in [6.07, 6.45) is 15.8. The summed E-state index contributed by atoms with van der Waals surface area (Å²) < 4.78 is 0. The van der Waals surface area contributed by atoms with E-state index in [1.165, 1.54) is 43.2 Å². The van der Waals surface area contributed by atoms with E-state index in [0.29, 0.717) is 0 Å². The monoisotopic (exact) mass is 294 g/mol. The van der Waals surface area contributed by atoms with Crippen molar-refractivity contribution in [2.75, 3.05) is 0 Å². The molecule has 1 aromatic rings. The van der Waals surface area contributed by atoms with E-state index in [2.05, 4.69) is 62.4 Å². The van der Waals surface area contributed by atoms with Gasteiger partial charge in [0, 0.05) is 5.41 Å². The molecule has 0 heteroatoms. The Labute approximate surface area is 136 Å². The first-order chi connectivity index (χ1) is 10.8. The van der Waals surface area contributed by atoms with E-state index in [9.17, 15) is 0 Å². The van der Waals surface area contributed by atoms with Gasteiger partial charge in [0.15, 0.2) is 0 Å². The van der Waals surface area contributed by atoms with Crippen molar-refractivity contribution in [2.45, 2.75) is 65.2 Å². The van der Waals surface area contributed by atoms with Crippen molar-refractivity contribution in [3.8, 4) is 0 Å². The Balaban J connectivity index is 0.000000847. The highest BCUT2D eigenvalue weighted by atomic mass is 14.5. The van der Waals surface area contributed by atoms with E-state index < -0.39 is 0 Å². The molecule has 2 aliphatic carbocycles. The van der Waals surface area contributed by atoms with Gasteiger partial charge in [-0.05, 0) is 49.0 Å². The molecular weight excluding hydrogens is 264 g/mol. The summed E-state index contributed by atoms with van der Waals surface area (Å²) in [5, 5.41) is 0. The molecule has 0 atom stereocenters. The van der Waals surface area contributed by atoms with Crippen LogP contribution in [0.15, 0.2) is 54.1 Å². The normalized spacial score (nSPS) is 19.6. The van der Waals surface area contributed by atoms with Crippen molar-refractivity contribution in [2.24, 2.45) is 0 Å². The van der Waals surface area contributed by atoms with Gasteiger partial charge in [-0.2, -0.15) is 0 Å². The first kappa shape index (κ1) is 16.8. The van der Waals surface area contributed by atoms with Gasteiger partial charge in [-0.15, -0.1) is 0 Å². The summed E-state index contributed by atoms with van der Waals surface area (Å²) in [7, 11) is 0. The molecule has 0 aliphatic heterocycles. The van der Waals surface area contributed by atoms with Crippen LogP contribution in [0, 0.1) is 0 Å². The van der Waals surface area contributed by atoms with E-state index in [4.69, 9.17) is 0 Å². The Hall–Kier alpha value is -1.56. The lowest BCUT2D eigenvalue weighted by molar-refractivity contribution is 0.350. The molecule has 2 aliphatic rings. The van der Waals surface area contributed by atoms with E-state index in [0.717, 1.165) is 0 Å². The lowest BCUT2D eigenvalue weighted by atomic mass is 9.67. The number of benzene rings is 1. The predicted molar refractivity (Wildman–Crippen MR) is 99.1 cm³/mol. The number of hydrogen-bond donors (Lipinski definition) is 0. The minimum Gasteiger partial charge on any atom is -0.0873 e. The van der Waals surface area contributed by atoms with E-state index >= 15 is 0 Å². The van der Waals surface area contributed by atoms with Gasteiger partial charge in [-0.3, -0.25) is 0 Å². The highest BCUT2D eigenvalue weighted by Gasteiger charge is 2.43. The number of allylic oxidation sites excluding steroid dienone is 6. The Morgan fingerprint density at radius 3 is 2.14 bits per heavy atom. The molecule has 0 nitrogen and oxygen atoms in total. The van der Waals surface area contributed by atoms with Crippen LogP contribution >= 0.6 is 0 Å². The summed E-state index contributed by atoms with van der Waals surface area (Å²) in [5.74, 6) is 0. The molecule has 0 N–H and O–H groups in total. The molecule has 118 valence electrons. The lowest BCUT2D eigenvalue weighted by Crippen LogP contribution is -2.28. The Bertz CT molecular complexity index is 578. The predicted octanol–water partition coefficient (Wildman–Crippen LogP) is 6.83. The number of hydrogen-bond acceptors (Lipinski definition) is 0. The van der Waals surface area contributed by atoms with Gasteiger partial charge in [0.2, 0.25) is 0 Å². The topological polar surface area (TPSA) is 0 Å². The molecule has 0 unspecified atom stereocenters. The standard InChI is InChI=1S/C20H24.C2H6/c1-3-10-16-17-12-6-7-13-19(17)20(18(16)11-4-2)14-8-5-9-15-20;1-2/h3-4,6-7,10-13H,5,8-9,14-15H2,1-2H3;1-2H3/b10-3-,11-4-;. The van der Waals surface area contributed by atoms with Crippen LogP contribution in [0.4, 0.5) is 0 Å². The van der Waals surface area contributed by atoms with Crippen LogP contribution in [-0.2, 0) is 5.41 Å². The molecule has 0 heterocycles. The maximum absolute atomic E-state index is 2.36. The number of fused-ring (bicyclic) bond motifs is 2. The average Bonchev–Trinajstić information content (AvgIpc) is 2.82. The van der Waals surface area contributed by atoms with Gasteiger partial charge < -0.3 is 0 Å². The SMILES string of the molecule is CC.C\C=C/C1=C(\C=C/C)C2(CCCCC2)c2ccccc21. The average molecular weight is 294 g/mol. The summed E-state index contributed by atoms with van der Waals surface area (Å²) in [4.78, 5) is 0. The zero-order chi connectivity index (χ0) is 16.0. The van der Waals surface area contributed by atoms with Crippen molar-refractivity contribution < 1.29 is 0 Å². The fraction of sp³-hybridized carbons (Fsp3) is 0.455. The molecule has 0 saturated heterocycles. The molecule has 22 heavy (non-hydrogen) atoms. The molecule has 1 aromatic carbocycles. The van der Waals surface area contributed by atoms with Gasteiger partial charge >= 0.3 is 0 Å². The minimum atomic E-state index is 0.288. The highest BCUT2D eigenvalue weighted by Crippen LogP contribution is 2.54. The molecule has 0 bridgehead atoms. The maximum atomic E-state index is 2.36. The Morgan fingerprint density at radius 2 is 1.50 bits per heavy atom. The molecule has 0 amide bonds. The van der Waals surface area contributed by atoms with Gasteiger partial charge in [0.1, 0.15) is 0 Å². The van der Waals surface area contributed by atoms with Crippen LogP contribution in [-0.4, -0.2) is 0 Å². The fourth-order valence-corrected chi connectivity index (χ4v) is 4.14. The second kappa shape index (κ2) is 7.63. The minimum absolute atomic E-state index is 0.288. The molecule has 0 aromatic heterocycles. The smallest absolute Gasteiger partial charge is 0.0215 e. The third-order valence-electron chi connectivity index (χ3n) is 4.91. The van der Waals surface area contributed by atoms with Crippen LogP contribution in [0.2, 0.25) is 0 Å². The van der Waals surface area contributed by atoms with Gasteiger partial charge in [-0.1, -0.05) is 81.7 Å². The second-order valence-corrected chi connectivity index (χ2v) is 6.02. The van der Waals surface area contributed by atoms with Crippen LogP contribution in [0.1, 0.15) is 70.9 Å². The Morgan fingerprint density at radius 1 is 0.864 bits per heavy atom. The maximum Gasteiger partial charge on any atom is 0.0215 e. The molecule has 0 radical (unpaired) electrons. The summed E-state index contributed by atoms with van der Waals surface area (Å²) >= 11 is 0. The molecule has 1 saturated carbocycles. The molecule has 1 spiro atoms. The van der Waals surface area contributed by atoms with E-state index in [-0.39, 0.29) is 5.41 Å². The third kappa shape index (κ3) is 2.72. The quantitative estimate of drug-likeness (QED) is 0.560. The van der Waals surface area contributed by atoms with Gasteiger partial charge in [-0.25, -0.2) is 0 Å². The van der Waals surface area contributed by atoms with Crippen LogP contribution < -0.4 is 0 Å². The second-order valence-electron chi connectivity index (χ2n) is 6.02. The van der Waals surface area contributed by atoms with Crippen molar-refractivity contribution in [1.29, 1.82) is 0 Å². The first-order valence-electron chi connectivity index (χ1n) is 8.93. The zero-order valence-electron chi connectivity index (χ0n) is 14.7. The van der Waals surface area contributed by atoms with E-state index in [1.54, 1.807) is 11.1 Å². The van der Waals surface area contributed by atoms with E-state index in [1.807, 2.05) is 13.8 Å². The van der Waals surface area contributed by atoms with Gasteiger partial charge in [0.25, 0.3) is 0 Å². The van der Waals surface area contributed by atoms with Gasteiger partial charge in [0.05, 0.1) is 0 Å². The van der Waals surface area contributed by atoms with Crippen LogP contribution in [0.3, 0.4) is 0 Å². The lowest BCUT2D eigenvalue weighted by Gasteiger charge is -2.36. The Kier molecular flexibility index (Phi) is 5.83. The van der Waals surface area contributed by atoms with Crippen molar-refractivity contribution in [1.82, 2.24) is 0 Å². The van der Waals surface area contributed by atoms with Crippen LogP contribution in [0.5, 0.6) is 0 Å². The summed E-state index contributed by atoms with van der Waals surface area (Å²) in [5.41, 5.74) is 6.32. The van der Waals surface area contributed by atoms with Crippen molar-refractivity contribution in [3.63, 3.8) is 0 Å².